The molecule has 6 heteroatoms. The molecule has 50 heavy (non-hydrogen) atoms. The normalized spacial score (nSPS) is 11.6. The Morgan fingerprint density at radius 3 is 1.36 bits per heavy atom. The van der Waals surface area contributed by atoms with E-state index in [1.165, 1.54) is 0 Å². The highest BCUT2D eigenvalue weighted by atomic mass is 16.3. The highest BCUT2D eigenvalue weighted by molar-refractivity contribution is 6.18. The highest BCUT2D eigenvalue weighted by Crippen LogP contribution is 2.43. The lowest BCUT2D eigenvalue weighted by molar-refractivity contribution is 0.657. The lowest BCUT2D eigenvalue weighted by atomic mass is 9.99. The Bertz CT molecular complexity index is 2770. The van der Waals surface area contributed by atoms with E-state index in [0.29, 0.717) is 28.6 Å². The van der Waals surface area contributed by atoms with Gasteiger partial charge in [-0.2, -0.15) is 0 Å². The van der Waals surface area contributed by atoms with Gasteiger partial charge in [-0.05, 0) is 41.0 Å². The van der Waals surface area contributed by atoms with Gasteiger partial charge in [-0.25, -0.2) is 19.9 Å². The number of benzene rings is 6. The second-order valence-electron chi connectivity index (χ2n) is 12.2. The minimum atomic E-state index is 0.584. The minimum absolute atomic E-state index is 0.584. The molecule has 10 rings (SSSR count). The molecule has 0 unspecified atom stereocenters. The van der Waals surface area contributed by atoms with E-state index in [2.05, 4.69) is 48.5 Å². The van der Waals surface area contributed by atoms with Crippen molar-refractivity contribution < 1.29 is 8.83 Å². The Kier molecular flexibility index (Phi) is 6.39. The fourth-order valence-corrected chi connectivity index (χ4v) is 6.78. The molecule has 0 fully saturated rings. The molecule has 0 spiro atoms. The van der Waals surface area contributed by atoms with Crippen LogP contribution in [0.15, 0.2) is 167 Å². The summed E-state index contributed by atoms with van der Waals surface area (Å²) in [7, 11) is 0. The molecule has 0 saturated carbocycles. The first-order chi connectivity index (χ1) is 24.8. The number of pyridine rings is 1. The largest absolute Gasteiger partial charge is 0.454 e. The predicted molar refractivity (Wildman–Crippen MR) is 199 cm³/mol. The number of hydrogen-bond donors (Lipinski definition) is 0. The lowest BCUT2D eigenvalue weighted by Crippen LogP contribution is -2.01. The molecule has 234 valence electrons. The van der Waals surface area contributed by atoms with Crippen LogP contribution in [0.5, 0.6) is 0 Å². The van der Waals surface area contributed by atoms with Crippen LogP contribution in [0.4, 0.5) is 0 Å². The van der Waals surface area contributed by atoms with Gasteiger partial charge in [0, 0.05) is 27.5 Å². The zero-order valence-corrected chi connectivity index (χ0v) is 26.6. The standard InChI is InChI=1S/C44H26N4O2/c1-3-13-27(14-4-1)31-17-7-8-18-32(31)44-47-42(29-15-5-2-6-16-29)46-43(48-44)30-25-23-28(24-26-30)37-40-38(33-19-9-11-21-35(33)49-40)45-39-34-20-10-12-22-36(34)50-41(37)39/h1-26H. The van der Waals surface area contributed by atoms with Gasteiger partial charge in [0.2, 0.25) is 0 Å². The van der Waals surface area contributed by atoms with Crippen LogP contribution >= 0.6 is 0 Å². The third-order valence-electron chi connectivity index (χ3n) is 9.17. The molecule has 0 amide bonds. The molecule has 0 atom stereocenters. The third kappa shape index (κ3) is 4.58. The summed E-state index contributed by atoms with van der Waals surface area (Å²) in [5.41, 5.74) is 11.3. The van der Waals surface area contributed by atoms with E-state index in [-0.39, 0.29) is 0 Å². The van der Waals surface area contributed by atoms with Gasteiger partial charge >= 0.3 is 0 Å². The van der Waals surface area contributed by atoms with Gasteiger partial charge in [-0.1, -0.05) is 133 Å². The molecule has 0 aliphatic heterocycles. The van der Waals surface area contributed by atoms with Gasteiger partial charge in [0.05, 0.1) is 5.56 Å². The van der Waals surface area contributed by atoms with Gasteiger partial charge in [-0.3, -0.25) is 0 Å². The van der Waals surface area contributed by atoms with Crippen molar-refractivity contribution in [1.29, 1.82) is 0 Å². The molecule has 0 bridgehead atoms. The average Bonchev–Trinajstić information content (AvgIpc) is 3.76. The van der Waals surface area contributed by atoms with Crippen LogP contribution in [0.25, 0.3) is 101 Å². The number of para-hydroxylation sites is 2. The molecule has 0 N–H and O–H groups in total. The zero-order valence-electron chi connectivity index (χ0n) is 26.6. The van der Waals surface area contributed by atoms with E-state index in [0.717, 1.165) is 71.9 Å². The summed E-state index contributed by atoms with van der Waals surface area (Å²) in [5, 5.41) is 1.93. The number of rotatable bonds is 5. The van der Waals surface area contributed by atoms with Crippen molar-refractivity contribution in [3.63, 3.8) is 0 Å². The van der Waals surface area contributed by atoms with Crippen molar-refractivity contribution >= 4 is 44.1 Å². The molecule has 4 aromatic heterocycles. The van der Waals surface area contributed by atoms with Crippen LogP contribution in [0, 0.1) is 0 Å². The smallest absolute Gasteiger partial charge is 0.165 e. The first-order valence-corrected chi connectivity index (χ1v) is 16.5. The molecule has 10 aromatic rings. The molecule has 6 aromatic carbocycles. The number of hydrogen-bond acceptors (Lipinski definition) is 6. The Morgan fingerprint density at radius 1 is 0.320 bits per heavy atom. The molecule has 0 saturated heterocycles. The van der Waals surface area contributed by atoms with Crippen molar-refractivity contribution in [3.05, 3.63) is 158 Å². The van der Waals surface area contributed by atoms with Crippen molar-refractivity contribution in [2.45, 2.75) is 0 Å². The van der Waals surface area contributed by atoms with Gasteiger partial charge in [-0.15, -0.1) is 0 Å². The van der Waals surface area contributed by atoms with Gasteiger partial charge in [0.15, 0.2) is 28.6 Å². The second kappa shape index (κ2) is 11.4. The summed E-state index contributed by atoms with van der Waals surface area (Å²) in [5.74, 6) is 1.81. The number of nitrogens with zero attached hydrogens (tertiary/aromatic N) is 4. The maximum absolute atomic E-state index is 6.48. The van der Waals surface area contributed by atoms with E-state index in [4.69, 9.17) is 28.8 Å². The SMILES string of the molecule is c1ccc(-c2nc(-c3ccc(-c4c5oc6ccccc6c5nc5c4oc4ccccc45)cc3)nc(-c3ccccc3-c3ccccc3)n2)cc1. The van der Waals surface area contributed by atoms with E-state index in [1.54, 1.807) is 0 Å². The second-order valence-corrected chi connectivity index (χ2v) is 12.2. The van der Waals surface area contributed by atoms with Crippen LogP contribution in [0.3, 0.4) is 0 Å². The fraction of sp³-hybridized carbons (Fsp3) is 0. The Balaban J connectivity index is 1.16. The summed E-state index contributed by atoms with van der Waals surface area (Å²) in [4.78, 5) is 20.2. The number of fused-ring (bicyclic) bond motifs is 6. The zero-order chi connectivity index (χ0) is 33.0. The average molecular weight is 643 g/mol. The monoisotopic (exact) mass is 642 g/mol. The van der Waals surface area contributed by atoms with Crippen molar-refractivity contribution in [2.75, 3.05) is 0 Å². The Labute approximate surface area is 286 Å². The summed E-state index contributed by atoms with van der Waals surface area (Å²) in [6.07, 6.45) is 0. The summed E-state index contributed by atoms with van der Waals surface area (Å²) in [6, 6.07) is 52.9. The quantitative estimate of drug-likeness (QED) is 0.186. The van der Waals surface area contributed by atoms with E-state index in [9.17, 15) is 0 Å². The molecule has 6 nitrogen and oxygen atoms in total. The highest BCUT2D eigenvalue weighted by Gasteiger charge is 2.23. The first-order valence-electron chi connectivity index (χ1n) is 16.5. The fourth-order valence-electron chi connectivity index (χ4n) is 6.78. The lowest BCUT2D eigenvalue weighted by Gasteiger charge is -2.12. The van der Waals surface area contributed by atoms with Crippen molar-refractivity contribution in [3.8, 4) is 56.4 Å². The molecular weight excluding hydrogens is 617 g/mol. The molecule has 0 radical (unpaired) electrons. The van der Waals surface area contributed by atoms with Crippen molar-refractivity contribution in [1.82, 2.24) is 19.9 Å². The van der Waals surface area contributed by atoms with Crippen LogP contribution in [-0.2, 0) is 0 Å². The summed E-state index contributed by atoms with van der Waals surface area (Å²) >= 11 is 0. The first kappa shape index (κ1) is 28.1. The Hall–Kier alpha value is -6.92. The van der Waals surface area contributed by atoms with Gasteiger partial charge in [0.25, 0.3) is 0 Å². The van der Waals surface area contributed by atoms with Crippen LogP contribution in [0.2, 0.25) is 0 Å². The van der Waals surface area contributed by atoms with E-state index in [1.807, 2.05) is 109 Å². The van der Waals surface area contributed by atoms with Crippen molar-refractivity contribution in [2.24, 2.45) is 0 Å². The molecule has 4 heterocycles. The Morgan fingerprint density at radius 2 is 0.760 bits per heavy atom. The minimum Gasteiger partial charge on any atom is -0.454 e. The molecule has 0 aliphatic rings. The van der Waals surface area contributed by atoms with Gasteiger partial charge < -0.3 is 8.83 Å². The number of aromatic nitrogens is 4. The van der Waals surface area contributed by atoms with E-state index >= 15 is 0 Å². The molecular formula is C44H26N4O2. The maximum Gasteiger partial charge on any atom is 0.165 e. The topological polar surface area (TPSA) is 77.8 Å². The van der Waals surface area contributed by atoms with Crippen LogP contribution in [-0.4, -0.2) is 19.9 Å². The summed E-state index contributed by atoms with van der Waals surface area (Å²) < 4.78 is 13.0. The summed E-state index contributed by atoms with van der Waals surface area (Å²) in [6.45, 7) is 0. The predicted octanol–water partition coefficient (Wildman–Crippen LogP) is 11.4. The maximum atomic E-state index is 6.48. The van der Waals surface area contributed by atoms with Crippen LogP contribution < -0.4 is 0 Å². The van der Waals surface area contributed by atoms with Gasteiger partial charge in [0.1, 0.15) is 22.2 Å². The van der Waals surface area contributed by atoms with Crippen LogP contribution in [0.1, 0.15) is 0 Å². The molecule has 0 aliphatic carbocycles. The van der Waals surface area contributed by atoms with E-state index < -0.39 is 0 Å². The third-order valence-corrected chi connectivity index (χ3v) is 9.17. The number of furan rings is 2.